The van der Waals surface area contributed by atoms with Gasteiger partial charge >= 0.3 is 0 Å². The molecular weight excluding hydrogens is 348 g/mol. The molecule has 6 nitrogen and oxygen atoms in total. The number of pyridine rings is 1. The highest BCUT2D eigenvalue weighted by Gasteiger charge is 2.25. The molecule has 3 aromatic rings. The Morgan fingerprint density at radius 2 is 2.04 bits per heavy atom. The SMILES string of the molecule is CC.CS(=O)c1cccc2[nH]c(C(=O)N3CCc4ncccc4C3)nc12. The van der Waals surface area contributed by atoms with Gasteiger partial charge in [-0.1, -0.05) is 26.0 Å². The molecule has 0 saturated heterocycles. The van der Waals surface area contributed by atoms with E-state index in [9.17, 15) is 9.00 Å². The van der Waals surface area contributed by atoms with Gasteiger partial charge in [-0.15, -0.1) is 0 Å². The summed E-state index contributed by atoms with van der Waals surface area (Å²) in [5, 5.41) is 0. The van der Waals surface area contributed by atoms with Gasteiger partial charge in [-0.3, -0.25) is 14.0 Å². The number of benzene rings is 1. The number of para-hydroxylation sites is 1. The Bertz CT molecular complexity index is 967. The Morgan fingerprint density at radius 1 is 1.23 bits per heavy atom. The van der Waals surface area contributed by atoms with Crippen LogP contribution in [0.3, 0.4) is 0 Å². The molecule has 26 heavy (non-hydrogen) atoms. The fraction of sp³-hybridized carbons (Fsp3) is 0.316. The maximum absolute atomic E-state index is 12.8. The highest BCUT2D eigenvalue weighted by atomic mass is 32.2. The third kappa shape index (κ3) is 3.39. The number of amides is 1. The van der Waals surface area contributed by atoms with E-state index in [2.05, 4.69) is 15.0 Å². The van der Waals surface area contributed by atoms with Crippen molar-refractivity contribution in [3.05, 3.63) is 53.6 Å². The summed E-state index contributed by atoms with van der Waals surface area (Å²) in [7, 11) is -1.15. The van der Waals surface area contributed by atoms with Crippen molar-refractivity contribution in [2.75, 3.05) is 12.8 Å². The number of carbonyl (C=O) groups excluding carboxylic acids is 1. The number of nitrogens with zero attached hydrogens (tertiary/aromatic N) is 3. The van der Waals surface area contributed by atoms with Gasteiger partial charge < -0.3 is 9.88 Å². The van der Waals surface area contributed by atoms with Crippen molar-refractivity contribution in [2.45, 2.75) is 31.7 Å². The standard InChI is InChI=1S/C17H16N4O2S.C2H6/c1-24(23)14-6-2-5-13-15(14)20-16(19-13)17(22)21-9-7-12-11(10-21)4-3-8-18-12;1-2/h2-6,8H,7,9-10H2,1H3,(H,19,20);1-2H3. The van der Waals surface area contributed by atoms with Gasteiger partial charge in [-0.25, -0.2) is 4.98 Å². The average Bonchev–Trinajstić information content (AvgIpc) is 3.12. The van der Waals surface area contributed by atoms with Crippen molar-refractivity contribution in [2.24, 2.45) is 0 Å². The summed E-state index contributed by atoms with van der Waals surface area (Å²) in [4.78, 5) is 27.0. The number of nitrogens with one attached hydrogen (secondary N) is 1. The van der Waals surface area contributed by atoms with Crippen molar-refractivity contribution >= 4 is 27.7 Å². The predicted octanol–water partition coefficient (Wildman–Crippen LogP) is 2.92. The monoisotopic (exact) mass is 370 g/mol. The number of carbonyl (C=O) groups is 1. The molecule has 0 bridgehead atoms. The van der Waals surface area contributed by atoms with Crippen LogP contribution in [-0.4, -0.2) is 42.8 Å². The molecule has 1 aromatic carbocycles. The molecule has 1 amide bonds. The Kier molecular flexibility index (Phi) is 5.46. The van der Waals surface area contributed by atoms with Crippen LogP contribution in [0.15, 0.2) is 41.4 Å². The van der Waals surface area contributed by atoms with E-state index in [1.165, 1.54) is 0 Å². The molecule has 0 radical (unpaired) electrons. The first-order chi connectivity index (χ1) is 12.6. The van der Waals surface area contributed by atoms with Gasteiger partial charge in [0.2, 0.25) is 0 Å². The molecule has 1 N–H and O–H groups in total. The molecule has 0 spiro atoms. The Morgan fingerprint density at radius 3 is 2.81 bits per heavy atom. The van der Waals surface area contributed by atoms with Crippen LogP contribution in [0.25, 0.3) is 11.0 Å². The number of hydrogen-bond acceptors (Lipinski definition) is 4. The molecule has 0 saturated carbocycles. The lowest BCUT2D eigenvalue weighted by Crippen LogP contribution is -2.36. The van der Waals surface area contributed by atoms with Crippen molar-refractivity contribution in [3.8, 4) is 0 Å². The normalized spacial score (nSPS) is 14.3. The Balaban J connectivity index is 0.000000948. The third-order valence-corrected chi connectivity index (χ3v) is 5.19. The van der Waals surface area contributed by atoms with E-state index in [4.69, 9.17) is 0 Å². The molecular formula is C19H22N4O2S. The minimum atomic E-state index is -1.15. The summed E-state index contributed by atoms with van der Waals surface area (Å²) in [6.07, 6.45) is 4.13. The molecule has 136 valence electrons. The van der Waals surface area contributed by atoms with E-state index >= 15 is 0 Å². The topological polar surface area (TPSA) is 79.0 Å². The van der Waals surface area contributed by atoms with E-state index < -0.39 is 10.8 Å². The van der Waals surface area contributed by atoms with Gasteiger partial charge in [0.1, 0.15) is 5.52 Å². The molecule has 2 aromatic heterocycles. The third-order valence-electron chi connectivity index (χ3n) is 4.24. The van der Waals surface area contributed by atoms with Crippen molar-refractivity contribution in [1.29, 1.82) is 0 Å². The van der Waals surface area contributed by atoms with Gasteiger partial charge in [0.25, 0.3) is 5.91 Å². The zero-order valence-corrected chi connectivity index (χ0v) is 16.0. The van der Waals surface area contributed by atoms with Gasteiger partial charge in [0.15, 0.2) is 5.82 Å². The minimum Gasteiger partial charge on any atom is -0.334 e. The highest BCUT2D eigenvalue weighted by Crippen LogP contribution is 2.22. The van der Waals surface area contributed by atoms with Crippen molar-refractivity contribution in [3.63, 3.8) is 0 Å². The summed E-state index contributed by atoms with van der Waals surface area (Å²) in [6, 6.07) is 9.31. The second-order valence-electron chi connectivity index (χ2n) is 5.78. The van der Waals surface area contributed by atoms with E-state index in [1.54, 1.807) is 23.4 Å². The lowest BCUT2D eigenvalue weighted by atomic mass is 10.1. The zero-order valence-electron chi connectivity index (χ0n) is 15.2. The summed E-state index contributed by atoms with van der Waals surface area (Å²) in [5.41, 5.74) is 3.45. The molecule has 7 heteroatoms. The maximum Gasteiger partial charge on any atom is 0.289 e. The molecule has 1 unspecified atom stereocenters. The van der Waals surface area contributed by atoms with E-state index in [-0.39, 0.29) is 11.7 Å². The molecule has 1 aliphatic rings. The summed E-state index contributed by atoms with van der Waals surface area (Å²) in [5.74, 6) is 0.142. The van der Waals surface area contributed by atoms with Crippen LogP contribution in [0.5, 0.6) is 0 Å². The number of hydrogen-bond donors (Lipinski definition) is 1. The van der Waals surface area contributed by atoms with Crippen LogP contribution in [0.1, 0.15) is 35.7 Å². The quantitative estimate of drug-likeness (QED) is 0.752. The smallest absolute Gasteiger partial charge is 0.289 e. The van der Waals surface area contributed by atoms with Crippen molar-refractivity contribution in [1.82, 2.24) is 19.9 Å². The first-order valence-electron chi connectivity index (χ1n) is 8.67. The lowest BCUT2D eigenvalue weighted by molar-refractivity contribution is 0.0722. The molecule has 1 aliphatic heterocycles. The van der Waals surface area contributed by atoms with Crippen LogP contribution in [0, 0.1) is 0 Å². The number of rotatable bonds is 2. The highest BCUT2D eigenvalue weighted by molar-refractivity contribution is 7.84. The number of imidazole rings is 1. The fourth-order valence-corrected chi connectivity index (χ4v) is 3.73. The number of H-pyrrole nitrogens is 1. The van der Waals surface area contributed by atoms with Crippen LogP contribution < -0.4 is 0 Å². The molecule has 4 rings (SSSR count). The fourth-order valence-electron chi connectivity index (χ4n) is 3.03. The number of aromatic amines is 1. The zero-order chi connectivity index (χ0) is 18.7. The second kappa shape index (κ2) is 7.78. The van der Waals surface area contributed by atoms with E-state index in [1.807, 2.05) is 38.1 Å². The van der Waals surface area contributed by atoms with E-state index in [0.29, 0.717) is 23.5 Å². The first-order valence-corrected chi connectivity index (χ1v) is 10.2. The van der Waals surface area contributed by atoms with Gasteiger partial charge in [-0.2, -0.15) is 0 Å². The van der Waals surface area contributed by atoms with Crippen LogP contribution in [0.2, 0.25) is 0 Å². The lowest BCUT2D eigenvalue weighted by Gasteiger charge is -2.27. The average molecular weight is 370 g/mol. The van der Waals surface area contributed by atoms with Crippen molar-refractivity contribution < 1.29 is 9.00 Å². The number of aromatic nitrogens is 3. The Labute approximate surface area is 155 Å². The molecule has 0 aliphatic carbocycles. The number of fused-ring (bicyclic) bond motifs is 2. The van der Waals surface area contributed by atoms with E-state index in [0.717, 1.165) is 23.2 Å². The minimum absolute atomic E-state index is 0.145. The van der Waals surface area contributed by atoms with Gasteiger partial charge in [0, 0.05) is 37.7 Å². The van der Waals surface area contributed by atoms with Crippen LogP contribution >= 0.6 is 0 Å². The largest absolute Gasteiger partial charge is 0.334 e. The molecule has 3 heterocycles. The van der Waals surface area contributed by atoms with Crippen LogP contribution in [-0.2, 0) is 23.8 Å². The molecule has 0 fully saturated rings. The predicted molar refractivity (Wildman–Crippen MR) is 102 cm³/mol. The van der Waals surface area contributed by atoms with Gasteiger partial charge in [-0.05, 0) is 23.8 Å². The second-order valence-corrected chi connectivity index (χ2v) is 7.13. The first kappa shape index (κ1) is 18.3. The van der Waals surface area contributed by atoms with Gasteiger partial charge in [0.05, 0.1) is 21.2 Å². The maximum atomic E-state index is 12.8. The summed E-state index contributed by atoms with van der Waals surface area (Å²) in [6.45, 7) is 5.15. The van der Waals surface area contributed by atoms with Crippen LogP contribution in [0.4, 0.5) is 0 Å². The molecule has 1 atom stereocenters. The Hall–Kier alpha value is -2.54. The summed E-state index contributed by atoms with van der Waals surface area (Å²) < 4.78 is 11.8. The summed E-state index contributed by atoms with van der Waals surface area (Å²) >= 11 is 0.